The number of nitrogens with zero attached hydrogens (tertiary/aromatic N) is 1. The highest BCUT2D eigenvalue weighted by Gasteiger charge is 2.38. The van der Waals surface area contributed by atoms with Gasteiger partial charge in [0.1, 0.15) is 6.61 Å². The molecule has 1 aliphatic rings. The lowest BCUT2D eigenvalue weighted by Crippen LogP contribution is -2.50. The summed E-state index contributed by atoms with van der Waals surface area (Å²) in [5.74, 6) is -0.495. The molecule has 2 amide bonds. The number of urea groups is 1. The second kappa shape index (κ2) is 8.36. The lowest BCUT2D eigenvalue weighted by Gasteiger charge is -2.37. The molecule has 7 heteroatoms. The number of nitrogens with one attached hydrogen (secondary N) is 1. The summed E-state index contributed by atoms with van der Waals surface area (Å²) >= 11 is 6.29. The molecule has 1 heterocycles. The zero-order valence-corrected chi connectivity index (χ0v) is 15.6. The molecule has 0 unspecified atom stereocenters. The molecule has 1 N–H and O–H groups in total. The zero-order chi connectivity index (χ0) is 18.6. The van der Waals surface area contributed by atoms with Gasteiger partial charge < -0.3 is 14.8 Å². The van der Waals surface area contributed by atoms with Crippen LogP contribution in [0.4, 0.5) is 4.79 Å². The first-order chi connectivity index (χ1) is 11.9. The lowest BCUT2D eigenvalue weighted by molar-refractivity contribution is -0.140. The van der Waals surface area contributed by atoms with Crippen molar-refractivity contribution in [3.63, 3.8) is 0 Å². The fraction of sp³-hybridized carbons (Fsp3) is 0.444. The number of allylic oxidation sites excluding steroid dienone is 1. The third kappa shape index (κ3) is 4.14. The summed E-state index contributed by atoms with van der Waals surface area (Å²) in [6.45, 7) is 5.95. The van der Waals surface area contributed by atoms with E-state index in [0.29, 0.717) is 28.5 Å². The Kier molecular flexibility index (Phi) is 6.45. The smallest absolute Gasteiger partial charge is 0.338 e. The molecule has 6 nitrogen and oxygen atoms in total. The highest BCUT2D eigenvalue weighted by atomic mass is 35.5. The summed E-state index contributed by atoms with van der Waals surface area (Å²) in [6.07, 6.45) is 0. The van der Waals surface area contributed by atoms with E-state index in [4.69, 9.17) is 21.1 Å². The first-order valence-electron chi connectivity index (χ1n) is 8.09. The van der Waals surface area contributed by atoms with Gasteiger partial charge in [-0.1, -0.05) is 29.8 Å². The number of amides is 2. The fourth-order valence-corrected chi connectivity index (χ4v) is 3.13. The van der Waals surface area contributed by atoms with Crippen molar-refractivity contribution in [2.24, 2.45) is 0 Å². The SMILES string of the molecule is COCCOC(=O)C1=C(C)N(C(C)C)C(=O)N[C@H]1c1ccccc1Cl. The van der Waals surface area contributed by atoms with Crippen LogP contribution in [0.25, 0.3) is 0 Å². The van der Waals surface area contributed by atoms with E-state index in [1.807, 2.05) is 19.9 Å². The third-order valence-corrected chi connectivity index (χ3v) is 4.34. The predicted molar refractivity (Wildman–Crippen MR) is 95.2 cm³/mol. The van der Waals surface area contributed by atoms with E-state index in [0.717, 1.165) is 0 Å². The van der Waals surface area contributed by atoms with E-state index in [2.05, 4.69) is 5.32 Å². The summed E-state index contributed by atoms with van der Waals surface area (Å²) in [5.41, 5.74) is 1.59. The average Bonchev–Trinajstić information content (AvgIpc) is 2.54. The number of halogens is 1. The Hall–Kier alpha value is -2.05. The van der Waals surface area contributed by atoms with Gasteiger partial charge in [-0.25, -0.2) is 9.59 Å². The van der Waals surface area contributed by atoms with Gasteiger partial charge in [-0.15, -0.1) is 0 Å². The van der Waals surface area contributed by atoms with Gasteiger partial charge in [0, 0.05) is 23.9 Å². The second-order valence-electron chi connectivity index (χ2n) is 6.00. The van der Waals surface area contributed by atoms with Crippen molar-refractivity contribution in [2.45, 2.75) is 32.9 Å². The number of methoxy groups -OCH3 is 1. The van der Waals surface area contributed by atoms with Gasteiger partial charge in [0.05, 0.1) is 18.2 Å². The van der Waals surface area contributed by atoms with Crippen molar-refractivity contribution < 1.29 is 19.1 Å². The number of carbonyl (C=O) groups excluding carboxylic acids is 2. The Morgan fingerprint density at radius 2 is 2.00 bits per heavy atom. The minimum absolute atomic E-state index is 0.103. The quantitative estimate of drug-likeness (QED) is 0.619. The van der Waals surface area contributed by atoms with Crippen LogP contribution >= 0.6 is 11.6 Å². The molecule has 0 aliphatic carbocycles. The van der Waals surface area contributed by atoms with E-state index in [1.54, 1.807) is 30.0 Å². The number of benzene rings is 1. The number of rotatable bonds is 6. The van der Waals surface area contributed by atoms with Crippen LogP contribution in [0, 0.1) is 0 Å². The molecule has 0 saturated carbocycles. The first-order valence-corrected chi connectivity index (χ1v) is 8.47. The molecule has 1 aliphatic heterocycles. The lowest BCUT2D eigenvalue weighted by atomic mass is 9.94. The van der Waals surface area contributed by atoms with Gasteiger partial charge in [-0.2, -0.15) is 0 Å². The molecule has 0 fully saturated rings. The second-order valence-corrected chi connectivity index (χ2v) is 6.40. The molecule has 0 spiro atoms. The van der Waals surface area contributed by atoms with Crippen molar-refractivity contribution in [1.29, 1.82) is 0 Å². The number of carbonyl (C=O) groups is 2. The Labute approximate surface area is 152 Å². The van der Waals surface area contributed by atoms with Crippen LogP contribution in [0.15, 0.2) is 35.5 Å². The fourth-order valence-electron chi connectivity index (χ4n) is 2.88. The van der Waals surface area contributed by atoms with Gasteiger partial charge in [0.15, 0.2) is 0 Å². The molecule has 2 rings (SSSR count). The number of hydrogen-bond donors (Lipinski definition) is 1. The molecule has 0 radical (unpaired) electrons. The van der Waals surface area contributed by atoms with Crippen LogP contribution in [0.3, 0.4) is 0 Å². The van der Waals surface area contributed by atoms with Crippen LogP contribution in [0.1, 0.15) is 32.4 Å². The summed E-state index contributed by atoms with van der Waals surface area (Å²) in [7, 11) is 1.53. The van der Waals surface area contributed by atoms with Crippen molar-refractivity contribution in [3.05, 3.63) is 46.1 Å². The Morgan fingerprint density at radius 3 is 2.60 bits per heavy atom. The standard InChI is InChI=1S/C18H23ClN2O4/c1-11(2)21-12(3)15(17(22)25-10-9-24-4)16(20-18(21)23)13-7-5-6-8-14(13)19/h5-8,11,16H,9-10H2,1-4H3,(H,20,23)/t16-/m0/s1. The van der Waals surface area contributed by atoms with E-state index < -0.39 is 12.0 Å². The molecule has 25 heavy (non-hydrogen) atoms. The monoisotopic (exact) mass is 366 g/mol. The maximum Gasteiger partial charge on any atom is 0.338 e. The molecule has 1 aromatic carbocycles. The van der Waals surface area contributed by atoms with E-state index in [1.165, 1.54) is 7.11 Å². The van der Waals surface area contributed by atoms with Crippen LogP contribution in [0.5, 0.6) is 0 Å². The highest BCUT2D eigenvalue weighted by molar-refractivity contribution is 6.31. The number of ether oxygens (including phenoxy) is 2. The summed E-state index contributed by atoms with van der Waals surface area (Å²) in [6, 6.07) is 6.08. The summed E-state index contributed by atoms with van der Waals surface area (Å²) in [5, 5.41) is 3.34. The molecule has 0 saturated heterocycles. The van der Waals surface area contributed by atoms with Crippen LogP contribution < -0.4 is 5.32 Å². The third-order valence-electron chi connectivity index (χ3n) is 4.00. The highest BCUT2D eigenvalue weighted by Crippen LogP contribution is 2.35. The van der Waals surface area contributed by atoms with Crippen LogP contribution in [-0.2, 0) is 14.3 Å². The number of esters is 1. The number of hydrogen-bond acceptors (Lipinski definition) is 4. The molecular formula is C18H23ClN2O4. The van der Waals surface area contributed by atoms with Crippen molar-refractivity contribution in [2.75, 3.05) is 20.3 Å². The molecule has 0 aromatic heterocycles. The van der Waals surface area contributed by atoms with Gasteiger partial charge in [-0.3, -0.25) is 4.90 Å². The van der Waals surface area contributed by atoms with Gasteiger partial charge in [-0.05, 0) is 32.4 Å². The minimum atomic E-state index is -0.661. The first kappa shape index (κ1) is 19.3. The summed E-state index contributed by atoms with van der Waals surface area (Å²) < 4.78 is 10.2. The van der Waals surface area contributed by atoms with Crippen LogP contribution in [-0.4, -0.2) is 43.3 Å². The Balaban J connectivity index is 2.48. The topological polar surface area (TPSA) is 67.9 Å². The van der Waals surface area contributed by atoms with E-state index in [-0.39, 0.29) is 18.7 Å². The summed E-state index contributed by atoms with van der Waals surface area (Å²) in [4.78, 5) is 26.8. The largest absolute Gasteiger partial charge is 0.460 e. The maximum atomic E-state index is 12.7. The molecule has 0 bridgehead atoms. The molecule has 1 atom stereocenters. The molecular weight excluding hydrogens is 344 g/mol. The maximum absolute atomic E-state index is 12.7. The Morgan fingerprint density at radius 1 is 1.32 bits per heavy atom. The van der Waals surface area contributed by atoms with E-state index >= 15 is 0 Å². The Bertz CT molecular complexity index is 687. The van der Waals surface area contributed by atoms with Crippen molar-refractivity contribution in [3.8, 4) is 0 Å². The molecule has 136 valence electrons. The van der Waals surface area contributed by atoms with Crippen LogP contribution in [0.2, 0.25) is 5.02 Å². The van der Waals surface area contributed by atoms with Gasteiger partial charge >= 0.3 is 12.0 Å². The van der Waals surface area contributed by atoms with E-state index in [9.17, 15) is 9.59 Å². The van der Waals surface area contributed by atoms with Crippen molar-refractivity contribution >= 4 is 23.6 Å². The average molecular weight is 367 g/mol. The zero-order valence-electron chi connectivity index (χ0n) is 14.8. The predicted octanol–water partition coefficient (Wildman–Crippen LogP) is 3.28. The normalized spacial score (nSPS) is 17.8. The van der Waals surface area contributed by atoms with Crippen molar-refractivity contribution in [1.82, 2.24) is 10.2 Å². The van der Waals surface area contributed by atoms with Gasteiger partial charge in [0.25, 0.3) is 0 Å². The van der Waals surface area contributed by atoms with Gasteiger partial charge in [0.2, 0.25) is 0 Å². The molecule has 1 aromatic rings. The minimum Gasteiger partial charge on any atom is -0.460 e.